The molecule has 2 aromatic rings. The predicted octanol–water partition coefficient (Wildman–Crippen LogP) is 2.23. The van der Waals surface area contributed by atoms with Crippen LogP contribution < -0.4 is 26.0 Å². The number of carbonyl (C=O) groups excluding carboxylic acids is 7. The highest BCUT2D eigenvalue weighted by molar-refractivity contribution is 7.46. The van der Waals surface area contributed by atoms with E-state index in [1.165, 1.54) is 29.7 Å². The summed E-state index contributed by atoms with van der Waals surface area (Å²) in [6.45, 7) is 3.72. The number of rotatable bonds is 9. The molecular formula is C41H49F5N7O13P. The van der Waals surface area contributed by atoms with Crippen LogP contribution in [0, 0.1) is 17.6 Å². The molecule has 9 atom stereocenters. The highest BCUT2D eigenvalue weighted by atomic mass is 31.2. The number of hydrogen-bond donors (Lipinski definition) is 6. The number of halogens is 5. The first-order chi connectivity index (χ1) is 31.3. The van der Waals surface area contributed by atoms with Gasteiger partial charge in [0.1, 0.15) is 59.7 Å². The minimum Gasteiger partial charge on any atom is -0.458 e. The number of piperidine rings is 1. The Morgan fingerprint density at radius 2 is 1.58 bits per heavy atom. The number of nitrogens with zero attached hydrogens (tertiary/aromatic N) is 3. The zero-order chi connectivity index (χ0) is 49.1. The van der Waals surface area contributed by atoms with Crippen molar-refractivity contribution >= 4 is 55.0 Å². The first-order valence-electron chi connectivity index (χ1n) is 21.2. The van der Waals surface area contributed by atoms with E-state index in [9.17, 15) is 69.9 Å². The Morgan fingerprint density at radius 3 is 2.25 bits per heavy atom. The van der Waals surface area contributed by atoms with Crippen molar-refractivity contribution in [3.05, 3.63) is 59.7 Å². The summed E-state index contributed by atoms with van der Waals surface area (Å²) in [5.41, 5.74) is -0.476. The molecule has 0 saturated carbocycles. The molecule has 4 aliphatic rings. The number of hydrogen-bond acceptors (Lipinski definition) is 11. The van der Waals surface area contributed by atoms with Gasteiger partial charge in [0.25, 0.3) is 0 Å². The van der Waals surface area contributed by atoms with Gasteiger partial charge in [0.05, 0.1) is 6.10 Å². The van der Waals surface area contributed by atoms with Crippen LogP contribution >= 0.6 is 7.82 Å². The molecule has 0 spiro atoms. The van der Waals surface area contributed by atoms with Crippen molar-refractivity contribution in [2.45, 2.75) is 114 Å². The van der Waals surface area contributed by atoms with E-state index in [1.807, 2.05) is 0 Å². The topological polar surface area (TPSA) is 263 Å². The second-order valence-electron chi connectivity index (χ2n) is 16.9. The summed E-state index contributed by atoms with van der Waals surface area (Å²) >= 11 is 0. The van der Waals surface area contributed by atoms with Crippen molar-refractivity contribution in [2.75, 3.05) is 25.0 Å². The molecule has 20 nitrogen and oxygen atoms in total. The molecular weight excluding hydrogens is 924 g/mol. The standard InChI is InChI=1S/C41H49F5N7O13P/c1-20-11-32-39(59)64-22(3)33(50-34(54)29(14-23-12-24(42)15-25(43)13-23)49-40(60)48-26-7-6-8-27(16-26)65-41(44,45)46)38(58)53-19-28(66-67(61,62)63)17-31(53)37(57)51-10-5-4-9-30(51)35(55)47-21(2)36(56)52(32)18-20/h6-8,12-13,15-16,20-22,28-33H,4-5,9-11,14,17-19H2,1-3H3,(H,47,55)(H,50,54)(H2,48,49,60)(H2,61,62,63)/t20-,21+,22+,28-,29+,30+,31+,32+,33+/m1/s1. The number of ether oxygens (including phenoxy) is 2. The Hall–Kier alpha value is -5.91. The van der Waals surface area contributed by atoms with Crippen LogP contribution in [0.4, 0.5) is 32.4 Å². The van der Waals surface area contributed by atoms with Gasteiger partial charge in [0, 0.05) is 50.3 Å². The minimum atomic E-state index is -5.27. The van der Waals surface area contributed by atoms with Crippen molar-refractivity contribution in [1.29, 1.82) is 0 Å². The summed E-state index contributed by atoms with van der Waals surface area (Å²) in [5.74, 6) is -8.87. The van der Waals surface area contributed by atoms with Crippen LogP contribution in [0.25, 0.3) is 0 Å². The lowest BCUT2D eigenvalue weighted by molar-refractivity contribution is -0.274. The Bertz CT molecular complexity index is 2290. The fourth-order valence-corrected chi connectivity index (χ4v) is 9.29. The molecule has 7 amide bonds. The fourth-order valence-electron chi connectivity index (χ4n) is 8.75. The van der Waals surface area contributed by atoms with E-state index < -0.39 is 141 Å². The average molecular weight is 974 g/mol. The number of urea groups is 1. The van der Waals surface area contributed by atoms with E-state index in [4.69, 9.17) is 9.26 Å². The summed E-state index contributed by atoms with van der Waals surface area (Å²) in [7, 11) is -5.27. The number of benzene rings is 2. The van der Waals surface area contributed by atoms with Gasteiger partial charge in [-0.15, -0.1) is 13.2 Å². The summed E-state index contributed by atoms with van der Waals surface area (Å²) in [5, 5.41) is 9.50. The molecule has 0 aromatic heterocycles. The monoisotopic (exact) mass is 973 g/mol. The van der Waals surface area contributed by atoms with Crippen LogP contribution in [0.3, 0.4) is 0 Å². The number of cyclic esters (lactones) is 1. The number of phosphoric acid groups is 1. The summed E-state index contributed by atoms with van der Waals surface area (Å²) in [6, 6.07) is -4.17. The molecule has 0 radical (unpaired) electrons. The molecule has 4 aliphatic heterocycles. The van der Waals surface area contributed by atoms with Crippen LogP contribution in [0.5, 0.6) is 5.75 Å². The van der Waals surface area contributed by atoms with E-state index >= 15 is 0 Å². The molecule has 4 saturated heterocycles. The lowest BCUT2D eigenvalue weighted by atomic mass is 9.98. The molecule has 0 aliphatic carbocycles. The predicted molar refractivity (Wildman–Crippen MR) is 220 cm³/mol. The van der Waals surface area contributed by atoms with E-state index in [2.05, 4.69) is 26.0 Å². The van der Waals surface area contributed by atoms with E-state index in [1.54, 1.807) is 6.92 Å². The number of phosphoric ester groups is 1. The lowest BCUT2D eigenvalue weighted by Crippen LogP contribution is -2.63. The minimum absolute atomic E-state index is 0.00256. The molecule has 366 valence electrons. The summed E-state index contributed by atoms with van der Waals surface area (Å²) in [4.78, 5) is 122. The normalized spacial score (nSPS) is 27.0. The van der Waals surface area contributed by atoms with E-state index in [0.29, 0.717) is 18.9 Å². The number of fused-ring (bicyclic) bond motifs is 3. The van der Waals surface area contributed by atoms with Crippen LogP contribution in [-0.4, -0.2) is 140 Å². The molecule has 2 aromatic carbocycles. The number of nitrogens with one attached hydrogen (secondary N) is 4. The van der Waals surface area contributed by atoms with Gasteiger partial charge < -0.3 is 55.2 Å². The van der Waals surface area contributed by atoms with Gasteiger partial charge in [-0.2, -0.15) is 0 Å². The van der Waals surface area contributed by atoms with E-state index in [0.717, 1.165) is 35.2 Å². The van der Waals surface area contributed by atoms with Crippen LogP contribution in [-0.2, 0) is 49.0 Å². The number of esters is 1. The Labute approximate surface area is 379 Å². The second kappa shape index (κ2) is 20.5. The van der Waals surface area contributed by atoms with Gasteiger partial charge in [-0.3, -0.25) is 28.5 Å². The maximum absolute atomic E-state index is 15.0. The average Bonchev–Trinajstić information content (AvgIpc) is 3.83. The number of alkyl halides is 3. The zero-order valence-corrected chi connectivity index (χ0v) is 37.1. The van der Waals surface area contributed by atoms with Crippen LogP contribution in [0.2, 0.25) is 0 Å². The SMILES string of the molecule is C[C@@H]1C[C@H]2C(=O)O[C@@H](C)[C@H](NC(=O)[C@H](Cc3cc(F)cc(F)c3)NC(=O)Nc3cccc(OC(F)(F)F)c3)C(=O)N3C[C@H](OP(=O)(O)O)C[C@H]3C(=O)N3CCCC[C@H]3C(=O)N[C@@H](C)C(=O)N2C1. The molecule has 6 rings (SSSR count). The van der Waals surface area contributed by atoms with Gasteiger partial charge in [0.15, 0.2) is 0 Å². The van der Waals surface area contributed by atoms with Gasteiger partial charge >= 0.3 is 26.2 Å². The number of anilines is 1. The third-order valence-corrected chi connectivity index (χ3v) is 12.2. The molecule has 6 N–H and O–H groups in total. The lowest BCUT2D eigenvalue weighted by Gasteiger charge is -2.39. The van der Waals surface area contributed by atoms with Crippen molar-refractivity contribution in [3.63, 3.8) is 0 Å². The quantitative estimate of drug-likeness (QED) is 0.120. The number of carbonyl (C=O) groups is 7. The van der Waals surface area contributed by atoms with Crippen molar-refractivity contribution in [3.8, 4) is 5.75 Å². The molecule has 67 heavy (non-hydrogen) atoms. The fraction of sp³-hybridized carbons (Fsp3) is 0.537. The van der Waals surface area contributed by atoms with Gasteiger partial charge in [-0.25, -0.2) is 22.9 Å². The first-order valence-corrected chi connectivity index (χ1v) is 22.7. The van der Waals surface area contributed by atoms with Crippen molar-refractivity contribution in [2.24, 2.45) is 5.92 Å². The van der Waals surface area contributed by atoms with Gasteiger partial charge in [-0.1, -0.05) is 13.0 Å². The maximum Gasteiger partial charge on any atom is 0.573 e. The van der Waals surface area contributed by atoms with Crippen molar-refractivity contribution < 1.29 is 83.9 Å². The van der Waals surface area contributed by atoms with Gasteiger partial charge in [0.2, 0.25) is 29.5 Å². The molecule has 26 heteroatoms. The third-order valence-electron chi connectivity index (χ3n) is 11.6. The molecule has 0 unspecified atom stereocenters. The highest BCUT2D eigenvalue weighted by Crippen LogP contribution is 2.41. The Balaban J connectivity index is 1.38. The highest BCUT2D eigenvalue weighted by Gasteiger charge is 2.50. The second-order valence-corrected chi connectivity index (χ2v) is 18.1. The van der Waals surface area contributed by atoms with Crippen molar-refractivity contribution in [1.82, 2.24) is 30.7 Å². The van der Waals surface area contributed by atoms with E-state index in [-0.39, 0.29) is 43.1 Å². The molecule has 4 heterocycles. The molecule has 4 fully saturated rings. The smallest absolute Gasteiger partial charge is 0.458 e. The molecule has 0 bridgehead atoms. The van der Waals surface area contributed by atoms with Crippen LogP contribution in [0.1, 0.15) is 58.4 Å². The maximum atomic E-state index is 15.0. The number of amides is 7. The van der Waals surface area contributed by atoms with Crippen LogP contribution in [0.15, 0.2) is 42.5 Å². The Morgan fingerprint density at radius 1 is 0.896 bits per heavy atom. The largest absolute Gasteiger partial charge is 0.573 e. The summed E-state index contributed by atoms with van der Waals surface area (Å²) in [6.07, 6.45) is -8.39. The summed E-state index contributed by atoms with van der Waals surface area (Å²) < 4.78 is 94.3. The zero-order valence-electron chi connectivity index (χ0n) is 36.2. The third kappa shape index (κ3) is 13.0. The Kier molecular flexibility index (Phi) is 15.5. The van der Waals surface area contributed by atoms with Gasteiger partial charge in [-0.05, 0) is 75.3 Å². The first kappa shape index (κ1) is 50.5.